The third-order valence-electron chi connectivity index (χ3n) is 7.03. The predicted molar refractivity (Wildman–Crippen MR) is 159 cm³/mol. The fourth-order valence-corrected chi connectivity index (χ4v) is 5.91. The van der Waals surface area contributed by atoms with Gasteiger partial charge in [-0.05, 0) is 56.8 Å². The number of rotatable bonds is 9. The average molecular weight is 565 g/mol. The summed E-state index contributed by atoms with van der Waals surface area (Å²) >= 11 is 1.75. The number of carbonyl (C=O) groups excluding carboxylic acids is 1. The standard InChI is InChI=1S/C31H40N4O4S/c1-6-8-22-21-35(29(32-22)27-20-28-26(33(27)5)13-18-40-28)16-17-37-24-9-7-10-25(19-24)38-23-11-14-34(15-12-23)30(36)39-31(2,3)4/h7,9-10,13,18-21,23H,6,8,11-12,14-17H2,1-5H3. The molecule has 1 amide bonds. The third kappa shape index (κ3) is 6.63. The zero-order chi connectivity index (χ0) is 28.3. The van der Waals surface area contributed by atoms with Gasteiger partial charge in [0.05, 0.1) is 28.1 Å². The van der Waals surface area contributed by atoms with Crippen molar-refractivity contribution in [3.63, 3.8) is 0 Å². The Bertz CT molecular complexity index is 1440. The van der Waals surface area contributed by atoms with Gasteiger partial charge < -0.3 is 28.2 Å². The minimum atomic E-state index is -0.486. The number of piperidine rings is 1. The number of aromatic nitrogens is 3. The van der Waals surface area contributed by atoms with Gasteiger partial charge in [0, 0.05) is 45.2 Å². The van der Waals surface area contributed by atoms with E-state index < -0.39 is 5.60 Å². The fraction of sp³-hybridized carbons (Fsp3) is 0.484. The molecule has 4 heterocycles. The van der Waals surface area contributed by atoms with Crippen molar-refractivity contribution in [2.45, 2.75) is 71.6 Å². The van der Waals surface area contributed by atoms with Crippen molar-refractivity contribution in [2.75, 3.05) is 19.7 Å². The van der Waals surface area contributed by atoms with Crippen LogP contribution in [0.25, 0.3) is 21.7 Å². The Morgan fingerprint density at radius 2 is 1.90 bits per heavy atom. The average Bonchev–Trinajstić information content (AvgIpc) is 3.60. The molecule has 1 aromatic carbocycles. The van der Waals surface area contributed by atoms with Crippen LogP contribution in [0.1, 0.15) is 52.7 Å². The summed E-state index contributed by atoms with van der Waals surface area (Å²) in [5.74, 6) is 2.54. The van der Waals surface area contributed by atoms with Crippen molar-refractivity contribution in [1.82, 2.24) is 19.0 Å². The first-order valence-corrected chi connectivity index (χ1v) is 15.0. The second-order valence-electron chi connectivity index (χ2n) is 11.4. The first-order chi connectivity index (χ1) is 19.2. The van der Waals surface area contributed by atoms with Gasteiger partial charge in [0.25, 0.3) is 0 Å². The van der Waals surface area contributed by atoms with E-state index in [1.54, 1.807) is 16.2 Å². The van der Waals surface area contributed by atoms with Crippen LogP contribution in [0.3, 0.4) is 0 Å². The van der Waals surface area contributed by atoms with Crippen LogP contribution in [0.5, 0.6) is 11.5 Å². The van der Waals surface area contributed by atoms with E-state index >= 15 is 0 Å². The highest BCUT2D eigenvalue weighted by atomic mass is 32.1. The first-order valence-electron chi connectivity index (χ1n) is 14.2. The Balaban J connectivity index is 1.18. The molecule has 214 valence electrons. The van der Waals surface area contributed by atoms with Crippen LogP contribution >= 0.6 is 11.3 Å². The largest absolute Gasteiger partial charge is 0.492 e. The summed E-state index contributed by atoms with van der Waals surface area (Å²) in [6.45, 7) is 10.3. The Morgan fingerprint density at radius 1 is 1.12 bits per heavy atom. The quantitative estimate of drug-likeness (QED) is 0.221. The molecule has 0 N–H and O–H groups in total. The van der Waals surface area contributed by atoms with Gasteiger partial charge in [-0.25, -0.2) is 9.78 Å². The van der Waals surface area contributed by atoms with Gasteiger partial charge in [0.1, 0.15) is 29.8 Å². The second kappa shape index (κ2) is 12.0. The van der Waals surface area contributed by atoms with Gasteiger partial charge >= 0.3 is 6.09 Å². The summed E-state index contributed by atoms with van der Waals surface area (Å²) < 4.78 is 23.6. The van der Waals surface area contributed by atoms with Gasteiger partial charge in [-0.2, -0.15) is 0 Å². The topological polar surface area (TPSA) is 70.8 Å². The SMILES string of the molecule is CCCc1cn(CCOc2cccc(OC3CCN(C(=O)OC(C)(C)C)CC3)c2)c(-c2cc3sccc3n2C)n1. The summed E-state index contributed by atoms with van der Waals surface area (Å²) in [4.78, 5) is 19.1. The fourth-order valence-electron chi connectivity index (χ4n) is 5.06. The number of thiophene rings is 1. The molecule has 0 atom stereocenters. The number of hydrogen-bond acceptors (Lipinski definition) is 6. The third-order valence-corrected chi connectivity index (χ3v) is 7.88. The Labute approximate surface area is 240 Å². The molecular formula is C31H40N4O4S. The van der Waals surface area contributed by atoms with E-state index in [-0.39, 0.29) is 12.2 Å². The van der Waals surface area contributed by atoms with Gasteiger partial charge in [-0.3, -0.25) is 0 Å². The number of benzene rings is 1. The molecule has 0 aliphatic carbocycles. The zero-order valence-electron chi connectivity index (χ0n) is 24.2. The Morgan fingerprint density at radius 3 is 2.62 bits per heavy atom. The molecule has 9 heteroatoms. The first kappa shape index (κ1) is 28.1. The number of hydrogen-bond donors (Lipinski definition) is 0. The lowest BCUT2D eigenvalue weighted by Gasteiger charge is -2.33. The summed E-state index contributed by atoms with van der Waals surface area (Å²) in [7, 11) is 2.10. The van der Waals surface area contributed by atoms with E-state index in [1.807, 2.05) is 45.0 Å². The monoisotopic (exact) mass is 564 g/mol. The minimum absolute atomic E-state index is 0.0550. The molecule has 0 saturated carbocycles. The number of ether oxygens (including phenoxy) is 3. The number of likely N-dealkylation sites (tertiary alicyclic amines) is 1. The highest BCUT2D eigenvalue weighted by molar-refractivity contribution is 7.17. The lowest BCUT2D eigenvalue weighted by atomic mass is 10.1. The zero-order valence-corrected chi connectivity index (χ0v) is 25.0. The number of amides is 1. The van der Waals surface area contributed by atoms with Gasteiger partial charge in [0.2, 0.25) is 0 Å². The van der Waals surface area contributed by atoms with Gasteiger partial charge in [0.15, 0.2) is 5.82 Å². The van der Waals surface area contributed by atoms with Crippen molar-refractivity contribution >= 4 is 27.6 Å². The minimum Gasteiger partial charge on any atom is -0.492 e. The maximum absolute atomic E-state index is 12.3. The van der Waals surface area contributed by atoms with E-state index in [0.29, 0.717) is 26.2 Å². The lowest BCUT2D eigenvalue weighted by Crippen LogP contribution is -2.44. The Hall–Kier alpha value is -3.46. The van der Waals surface area contributed by atoms with E-state index in [4.69, 9.17) is 19.2 Å². The molecule has 0 spiro atoms. The molecule has 1 aliphatic heterocycles. The van der Waals surface area contributed by atoms with Crippen LogP contribution in [0.15, 0.2) is 48.0 Å². The number of aryl methyl sites for hydroxylation is 2. The molecule has 1 fully saturated rings. The smallest absolute Gasteiger partial charge is 0.410 e. The predicted octanol–water partition coefficient (Wildman–Crippen LogP) is 6.91. The summed E-state index contributed by atoms with van der Waals surface area (Å²) in [6, 6.07) is 12.2. The van der Waals surface area contributed by atoms with E-state index in [2.05, 4.69) is 46.8 Å². The van der Waals surface area contributed by atoms with Crippen molar-refractivity contribution < 1.29 is 19.0 Å². The molecule has 3 aromatic heterocycles. The molecule has 1 saturated heterocycles. The van der Waals surface area contributed by atoms with Gasteiger partial charge in [-0.1, -0.05) is 19.4 Å². The highest BCUT2D eigenvalue weighted by Crippen LogP contribution is 2.31. The van der Waals surface area contributed by atoms with E-state index in [0.717, 1.165) is 54.4 Å². The molecule has 0 radical (unpaired) electrons. The van der Waals surface area contributed by atoms with Crippen molar-refractivity contribution in [3.05, 3.63) is 53.7 Å². The van der Waals surface area contributed by atoms with Crippen molar-refractivity contribution in [1.29, 1.82) is 0 Å². The van der Waals surface area contributed by atoms with Crippen LogP contribution in [0, 0.1) is 0 Å². The number of fused-ring (bicyclic) bond motifs is 1. The van der Waals surface area contributed by atoms with Gasteiger partial charge in [-0.15, -0.1) is 11.3 Å². The molecule has 1 aliphatic rings. The molecule has 0 bridgehead atoms. The number of imidazole rings is 1. The molecule has 5 rings (SSSR count). The lowest BCUT2D eigenvalue weighted by molar-refractivity contribution is 0.0126. The van der Waals surface area contributed by atoms with E-state index in [1.165, 1.54) is 10.2 Å². The second-order valence-corrected chi connectivity index (χ2v) is 12.3. The Kier molecular flexibility index (Phi) is 8.40. The van der Waals surface area contributed by atoms with Crippen LogP contribution in [-0.4, -0.2) is 56.5 Å². The maximum Gasteiger partial charge on any atom is 0.410 e. The summed E-state index contributed by atoms with van der Waals surface area (Å²) in [5.41, 5.74) is 2.97. The highest BCUT2D eigenvalue weighted by Gasteiger charge is 2.27. The van der Waals surface area contributed by atoms with Crippen LogP contribution in [0.4, 0.5) is 4.79 Å². The normalized spacial score (nSPS) is 14.6. The van der Waals surface area contributed by atoms with Crippen LogP contribution < -0.4 is 9.47 Å². The number of nitrogens with zero attached hydrogens (tertiary/aromatic N) is 4. The molecule has 40 heavy (non-hydrogen) atoms. The van der Waals surface area contributed by atoms with Crippen molar-refractivity contribution in [2.24, 2.45) is 7.05 Å². The molecule has 8 nitrogen and oxygen atoms in total. The van der Waals surface area contributed by atoms with Crippen LogP contribution in [-0.2, 0) is 24.8 Å². The maximum atomic E-state index is 12.3. The molecule has 0 unspecified atom stereocenters. The summed E-state index contributed by atoms with van der Waals surface area (Å²) in [6.07, 6.45) is 5.51. The molecular weight excluding hydrogens is 524 g/mol. The number of carbonyl (C=O) groups is 1. The molecule has 4 aromatic rings. The summed E-state index contributed by atoms with van der Waals surface area (Å²) in [5, 5.41) is 2.13. The van der Waals surface area contributed by atoms with Crippen LogP contribution in [0.2, 0.25) is 0 Å². The van der Waals surface area contributed by atoms with Crippen molar-refractivity contribution in [3.8, 4) is 23.0 Å². The van der Waals surface area contributed by atoms with E-state index in [9.17, 15) is 4.79 Å².